The molecule has 2 aliphatic heterocycles. The molecule has 258 valence electrons. The molecule has 2 aromatic carbocycles. The summed E-state index contributed by atoms with van der Waals surface area (Å²) in [5.74, 6) is -3.60. The van der Waals surface area contributed by atoms with Gasteiger partial charge in [-0.05, 0) is 56.9 Å². The van der Waals surface area contributed by atoms with Gasteiger partial charge in [-0.3, -0.25) is 14.5 Å². The van der Waals surface area contributed by atoms with Crippen LogP contribution in [0.4, 0.5) is 25.0 Å². The molecule has 0 unspecified atom stereocenters. The topological polar surface area (TPSA) is 174 Å². The van der Waals surface area contributed by atoms with E-state index in [1.807, 2.05) is 0 Å². The molecule has 1 aliphatic carbocycles. The number of hydrogen-bond acceptors (Lipinski definition) is 10. The Bertz CT molecular complexity index is 1810. The predicted octanol–water partition coefficient (Wildman–Crippen LogP) is 3.36. The van der Waals surface area contributed by atoms with Crippen LogP contribution in [-0.4, -0.2) is 83.4 Å². The lowest BCUT2D eigenvalue weighted by molar-refractivity contribution is -0.147. The molecule has 3 fully saturated rings. The summed E-state index contributed by atoms with van der Waals surface area (Å²) in [7, 11) is 0. The Balaban J connectivity index is 0.00000451. The number of carbonyl (C=O) groups is 3. The third kappa shape index (κ3) is 7.03. The lowest BCUT2D eigenvalue weighted by Crippen LogP contribution is -2.48. The van der Waals surface area contributed by atoms with Crippen LogP contribution in [0.15, 0.2) is 41.3 Å². The number of nitrogens with two attached hydrogens (primary N) is 1. The van der Waals surface area contributed by atoms with Gasteiger partial charge in [0.1, 0.15) is 36.2 Å². The van der Waals surface area contributed by atoms with Crippen LogP contribution in [0, 0.1) is 11.6 Å². The SMILES string of the molecule is C[C@H](N)C(=O)OC[C@H]1CN(c2ccc(OCC3(O)CCN(c4cc5c(cc4F)c(=O)c(C(=O)O)cn5C4CC4)CC3)c(F)c2)C(=O)O1.Cl. The number of cyclic esters (lactones) is 1. The highest BCUT2D eigenvalue weighted by atomic mass is 35.5. The van der Waals surface area contributed by atoms with Crippen LogP contribution < -0.4 is 25.7 Å². The van der Waals surface area contributed by atoms with E-state index < -0.39 is 58.4 Å². The average molecular weight is 693 g/mol. The van der Waals surface area contributed by atoms with Gasteiger partial charge in [0.05, 0.1) is 23.4 Å². The molecule has 6 rings (SSSR count). The number of aliphatic hydroxyl groups is 1. The van der Waals surface area contributed by atoms with E-state index >= 15 is 8.78 Å². The molecule has 3 aromatic rings. The number of halogens is 3. The first-order valence-corrected chi connectivity index (χ1v) is 15.3. The van der Waals surface area contributed by atoms with Gasteiger partial charge in [-0.1, -0.05) is 0 Å². The minimum atomic E-state index is -1.37. The number of aromatic nitrogens is 1. The Hall–Kier alpha value is -4.47. The standard InChI is InChI=1S/C32H34F2N4O9.ClH/c1-17(35)30(42)45-15-20-13-38(31(43)47-20)19-4-5-27(24(34)10-19)46-16-32(44)6-8-36(9-7-32)26-12-25-21(11-23(26)33)28(39)22(29(40)41)14-37(25)18-2-3-18;/h4-5,10-12,14,17-18,20,44H,2-3,6-9,13,15-16,35H2,1H3,(H,40,41);1H/t17-,20+;/m0./s1. The van der Waals surface area contributed by atoms with Gasteiger partial charge in [0, 0.05) is 36.8 Å². The summed E-state index contributed by atoms with van der Waals surface area (Å²) in [5, 5.41) is 20.7. The van der Waals surface area contributed by atoms with E-state index in [1.165, 1.54) is 30.2 Å². The van der Waals surface area contributed by atoms with Crippen molar-refractivity contribution in [2.45, 2.75) is 56.4 Å². The second kappa shape index (κ2) is 13.6. The van der Waals surface area contributed by atoms with Crippen LogP contribution in [0.1, 0.15) is 49.0 Å². The van der Waals surface area contributed by atoms with Gasteiger partial charge < -0.3 is 39.6 Å². The lowest BCUT2D eigenvalue weighted by Gasteiger charge is -2.39. The van der Waals surface area contributed by atoms with Crippen molar-refractivity contribution >= 4 is 52.7 Å². The van der Waals surface area contributed by atoms with E-state index in [1.54, 1.807) is 15.5 Å². The summed E-state index contributed by atoms with van der Waals surface area (Å²) in [5.41, 5.74) is 3.85. The fourth-order valence-electron chi connectivity index (χ4n) is 5.83. The molecule has 3 aliphatic rings. The number of hydrogen-bond donors (Lipinski definition) is 3. The van der Waals surface area contributed by atoms with Crippen molar-refractivity contribution in [1.82, 2.24) is 4.57 Å². The van der Waals surface area contributed by atoms with Gasteiger partial charge in [-0.2, -0.15) is 0 Å². The normalized spacial score (nSPS) is 19.4. The van der Waals surface area contributed by atoms with E-state index in [9.17, 15) is 29.4 Å². The average Bonchev–Trinajstić information content (AvgIpc) is 3.81. The van der Waals surface area contributed by atoms with Gasteiger partial charge in [0.15, 0.2) is 17.7 Å². The molecule has 13 nitrogen and oxygen atoms in total. The molecule has 48 heavy (non-hydrogen) atoms. The summed E-state index contributed by atoms with van der Waals surface area (Å²) < 4.78 is 47.9. The first-order chi connectivity index (χ1) is 22.3. The fourth-order valence-corrected chi connectivity index (χ4v) is 5.83. The summed E-state index contributed by atoms with van der Waals surface area (Å²) in [6.45, 7) is 1.54. The van der Waals surface area contributed by atoms with Crippen molar-refractivity contribution in [3.05, 3.63) is 63.9 Å². The molecule has 0 spiro atoms. The van der Waals surface area contributed by atoms with E-state index in [2.05, 4.69) is 0 Å². The molecule has 0 radical (unpaired) electrons. The molecule has 16 heteroatoms. The summed E-state index contributed by atoms with van der Waals surface area (Å²) >= 11 is 0. The van der Waals surface area contributed by atoms with Gasteiger partial charge in [-0.15, -0.1) is 12.4 Å². The lowest BCUT2D eigenvalue weighted by atomic mass is 9.92. The van der Waals surface area contributed by atoms with Crippen molar-refractivity contribution in [2.75, 3.05) is 42.6 Å². The van der Waals surface area contributed by atoms with Crippen LogP contribution >= 0.6 is 12.4 Å². The Labute approximate surface area is 279 Å². The largest absolute Gasteiger partial charge is 0.488 e. The molecule has 1 amide bonds. The second-order valence-electron chi connectivity index (χ2n) is 12.3. The van der Waals surface area contributed by atoms with Crippen molar-refractivity contribution in [3.63, 3.8) is 0 Å². The van der Waals surface area contributed by atoms with Gasteiger partial charge in [-0.25, -0.2) is 18.4 Å². The van der Waals surface area contributed by atoms with Crippen LogP contribution in [0.3, 0.4) is 0 Å². The second-order valence-corrected chi connectivity index (χ2v) is 12.3. The van der Waals surface area contributed by atoms with E-state index in [0.717, 1.165) is 25.0 Å². The number of rotatable bonds is 10. The first-order valence-electron chi connectivity index (χ1n) is 15.3. The zero-order chi connectivity index (χ0) is 33.6. The number of pyridine rings is 1. The number of piperidine rings is 1. The maximum atomic E-state index is 15.3. The highest BCUT2D eigenvalue weighted by Crippen LogP contribution is 2.39. The number of carbonyl (C=O) groups excluding carboxylic acids is 2. The number of anilines is 2. The number of benzene rings is 2. The van der Waals surface area contributed by atoms with Crippen molar-refractivity contribution in [2.24, 2.45) is 5.73 Å². The molecule has 3 heterocycles. The smallest absolute Gasteiger partial charge is 0.414 e. The fraction of sp³-hybridized carbons (Fsp3) is 0.438. The molecular weight excluding hydrogens is 658 g/mol. The number of fused-ring (bicyclic) bond motifs is 1. The minimum absolute atomic E-state index is 0. The summed E-state index contributed by atoms with van der Waals surface area (Å²) in [4.78, 5) is 51.3. The number of esters is 1. The van der Waals surface area contributed by atoms with E-state index in [4.69, 9.17) is 19.9 Å². The zero-order valence-electron chi connectivity index (χ0n) is 25.9. The Morgan fingerprint density at radius 3 is 2.46 bits per heavy atom. The third-order valence-electron chi connectivity index (χ3n) is 8.69. The Kier molecular flexibility index (Phi) is 9.85. The Morgan fingerprint density at radius 1 is 1.12 bits per heavy atom. The van der Waals surface area contributed by atoms with E-state index in [-0.39, 0.29) is 86.6 Å². The third-order valence-corrected chi connectivity index (χ3v) is 8.69. The maximum Gasteiger partial charge on any atom is 0.414 e. The van der Waals surface area contributed by atoms with Crippen LogP contribution in [-0.2, 0) is 14.3 Å². The number of carboxylic acids is 1. The molecule has 0 bridgehead atoms. The van der Waals surface area contributed by atoms with E-state index in [0.29, 0.717) is 5.52 Å². The predicted molar refractivity (Wildman–Crippen MR) is 171 cm³/mol. The quantitative estimate of drug-likeness (QED) is 0.266. The number of aromatic carboxylic acids is 1. The number of carboxylic acid groups (broad SMARTS) is 1. The van der Waals surface area contributed by atoms with Crippen molar-refractivity contribution in [1.29, 1.82) is 0 Å². The van der Waals surface area contributed by atoms with Gasteiger partial charge in [0.2, 0.25) is 5.43 Å². The minimum Gasteiger partial charge on any atom is -0.488 e. The number of ether oxygens (including phenoxy) is 3. The number of nitrogens with zero attached hydrogens (tertiary/aromatic N) is 3. The monoisotopic (exact) mass is 692 g/mol. The van der Waals surface area contributed by atoms with Crippen LogP contribution in [0.5, 0.6) is 5.75 Å². The Morgan fingerprint density at radius 2 is 1.83 bits per heavy atom. The van der Waals surface area contributed by atoms with Gasteiger partial charge in [0.25, 0.3) is 0 Å². The first kappa shape index (κ1) is 34.9. The van der Waals surface area contributed by atoms with Crippen molar-refractivity contribution in [3.8, 4) is 5.75 Å². The van der Waals surface area contributed by atoms with Crippen LogP contribution in [0.2, 0.25) is 0 Å². The van der Waals surface area contributed by atoms with Crippen molar-refractivity contribution < 1.29 is 47.6 Å². The highest BCUT2D eigenvalue weighted by Gasteiger charge is 2.36. The molecule has 2 saturated heterocycles. The van der Waals surface area contributed by atoms with Gasteiger partial charge >= 0.3 is 18.0 Å². The highest BCUT2D eigenvalue weighted by molar-refractivity contribution is 5.94. The van der Waals surface area contributed by atoms with Crippen LogP contribution in [0.25, 0.3) is 10.9 Å². The molecular formula is C32H35ClF2N4O9. The molecule has 4 N–H and O–H groups in total. The summed E-state index contributed by atoms with van der Waals surface area (Å²) in [6.07, 6.45) is 1.83. The maximum absolute atomic E-state index is 15.3. The zero-order valence-corrected chi connectivity index (χ0v) is 26.7. The molecule has 1 saturated carbocycles. The molecule has 2 atom stereocenters. The number of amides is 1. The summed E-state index contributed by atoms with van der Waals surface area (Å²) in [6, 6.07) is 5.74. The molecule has 1 aromatic heterocycles.